The van der Waals surface area contributed by atoms with Gasteiger partial charge in [0.1, 0.15) is 5.82 Å². The third kappa shape index (κ3) is 5.18. The summed E-state index contributed by atoms with van der Waals surface area (Å²) in [6, 6.07) is 10.2. The van der Waals surface area contributed by atoms with Crippen molar-refractivity contribution in [3.05, 3.63) is 47.8 Å². The lowest BCUT2D eigenvalue weighted by Gasteiger charge is -2.27. The maximum Gasteiger partial charge on any atom is 0.163 e. The van der Waals surface area contributed by atoms with Crippen molar-refractivity contribution in [3.8, 4) is 6.57 Å². The van der Waals surface area contributed by atoms with E-state index in [1.54, 1.807) is 0 Å². The first-order valence-electron chi connectivity index (χ1n) is 11.4. The molecule has 0 amide bonds. The van der Waals surface area contributed by atoms with Crippen molar-refractivity contribution in [2.75, 3.05) is 43.6 Å². The Morgan fingerprint density at radius 2 is 2.00 bits per heavy atom. The average Bonchev–Trinajstić information content (AvgIpc) is 3.65. The van der Waals surface area contributed by atoms with Crippen molar-refractivity contribution in [2.24, 2.45) is 5.92 Å². The van der Waals surface area contributed by atoms with E-state index in [1.165, 1.54) is 12.8 Å². The van der Waals surface area contributed by atoms with E-state index in [-0.39, 0.29) is 0 Å². The molecule has 1 saturated carbocycles. The van der Waals surface area contributed by atoms with Crippen molar-refractivity contribution in [1.29, 1.82) is 5.26 Å². The number of carbonyl (C=O) groups excluding carboxylic acids is 1. The molecule has 34 heavy (non-hydrogen) atoms. The second-order valence-electron chi connectivity index (χ2n) is 8.31. The van der Waals surface area contributed by atoms with E-state index in [4.69, 9.17) is 20.1 Å². The number of aldehydes is 1. The number of anilines is 3. The van der Waals surface area contributed by atoms with Crippen LogP contribution in [0.3, 0.4) is 0 Å². The predicted octanol–water partition coefficient (Wildman–Crippen LogP) is 3.56. The molecular weight excluding hydrogens is 430 g/mol. The van der Waals surface area contributed by atoms with Crippen molar-refractivity contribution in [1.82, 2.24) is 20.1 Å². The molecule has 3 heterocycles. The van der Waals surface area contributed by atoms with Gasteiger partial charge in [-0.1, -0.05) is 0 Å². The number of morpholine rings is 1. The van der Waals surface area contributed by atoms with E-state index in [0.717, 1.165) is 67.2 Å². The Labute approximate surface area is 199 Å². The van der Waals surface area contributed by atoms with Gasteiger partial charge in [-0.3, -0.25) is 9.48 Å². The molecular formula is C25H29N7O2. The van der Waals surface area contributed by atoms with Gasteiger partial charge >= 0.3 is 0 Å². The van der Waals surface area contributed by atoms with E-state index >= 15 is 0 Å². The topological polar surface area (TPSA) is 108 Å². The number of aromatic nitrogens is 3. The van der Waals surface area contributed by atoms with Gasteiger partial charge in [0.15, 0.2) is 12.1 Å². The molecule has 1 aliphatic heterocycles. The Bertz CT molecular complexity index is 1190. The molecule has 1 aliphatic carbocycles. The van der Waals surface area contributed by atoms with Crippen LogP contribution in [0.5, 0.6) is 0 Å². The normalized spacial score (nSPS) is 15.7. The summed E-state index contributed by atoms with van der Waals surface area (Å²) >= 11 is 0. The lowest BCUT2D eigenvalue weighted by Crippen LogP contribution is -2.36. The van der Waals surface area contributed by atoms with Crippen LogP contribution < -0.4 is 15.5 Å². The first-order valence-corrected chi connectivity index (χ1v) is 11.4. The number of nitriles is 1. The van der Waals surface area contributed by atoms with Crippen LogP contribution in [0.4, 0.5) is 17.3 Å². The summed E-state index contributed by atoms with van der Waals surface area (Å²) in [4.78, 5) is 19.0. The number of hydrogen-bond acceptors (Lipinski definition) is 8. The van der Waals surface area contributed by atoms with E-state index in [2.05, 4.69) is 34.2 Å². The summed E-state index contributed by atoms with van der Waals surface area (Å²) in [6.45, 7) is 7.53. The first-order chi connectivity index (χ1) is 16.7. The van der Waals surface area contributed by atoms with Crippen LogP contribution in [-0.4, -0.2) is 54.4 Å². The predicted molar refractivity (Wildman–Crippen MR) is 133 cm³/mol. The monoisotopic (exact) mass is 459 g/mol. The number of carbonyl (C=O) groups is 1. The molecule has 0 atom stereocenters. The van der Waals surface area contributed by atoms with Gasteiger partial charge in [0, 0.05) is 44.3 Å². The molecule has 2 aliphatic rings. The Balaban J connectivity index is 0.00000133. The third-order valence-electron chi connectivity index (χ3n) is 5.96. The minimum atomic E-state index is 0.568. The molecule has 0 radical (unpaired) electrons. The number of benzene rings is 1. The number of nitrogens with zero attached hydrogens (tertiary/aromatic N) is 5. The van der Waals surface area contributed by atoms with Gasteiger partial charge in [0.05, 0.1) is 30.0 Å². The number of fused-ring (bicyclic) bond motifs is 1. The molecule has 2 N–H and O–H groups in total. The zero-order chi connectivity index (χ0) is 23.9. The van der Waals surface area contributed by atoms with Gasteiger partial charge in [-0.25, -0.2) is 10.2 Å². The standard InChI is InChI=1S/C24H28N6O2.CHN/c1-25-9-8-22-20(16-31)24(28-30(22)15-17-2-3-17)26-19-5-6-21-18(14-19)4-7-23(27-21)29-10-12-32-13-11-29;1-2/h4-9,14,16-17,25H,2-3,10-13,15H2,1H3,(H,26,28);1H/b9-8-;. The number of nitrogens with one attached hydrogen (secondary N) is 2. The summed E-state index contributed by atoms with van der Waals surface area (Å²) in [5.41, 5.74) is 3.20. The second kappa shape index (κ2) is 10.8. The largest absolute Gasteiger partial charge is 0.394 e. The Morgan fingerprint density at radius 1 is 1.21 bits per heavy atom. The highest BCUT2D eigenvalue weighted by Crippen LogP contribution is 2.33. The summed E-state index contributed by atoms with van der Waals surface area (Å²) in [5.74, 6) is 2.20. The fourth-order valence-electron chi connectivity index (χ4n) is 4.02. The lowest BCUT2D eigenvalue weighted by atomic mass is 10.2. The summed E-state index contributed by atoms with van der Waals surface area (Å²) in [5, 5.41) is 18.6. The molecule has 9 nitrogen and oxygen atoms in total. The summed E-state index contributed by atoms with van der Waals surface area (Å²) < 4.78 is 7.38. The molecule has 1 aromatic carbocycles. The molecule has 0 spiro atoms. The van der Waals surface area contributed by atoms with Crippen LogP contribution in [-0.2, 0) is 11.3 Å². The fraction of sp³-hybridized carbons (Fsp3) is 0.360. The Kier molecular flexibility index (Phi) is 7.40. The van der Waals surface area contributed by atoms with Crippen molar-refractivity contribution in [2.45, 2.75) is 19.4 Å². The molecule has 0 bridgehead atoms. The molecule has 176 valence electrons. The number of rotatable bonds is 8. The first kappa shape index (κ1) is 23.3. The van der Waals surface area contributed by atoms with Crippen molar-refractivity contribution < 1.29 is 9.53 Å². The van der Waals surface area contributed by atoms with Crippen LogP contribution in [0.2, 0.25) is 0 Å². The zero-order valence-electron chi connectivity index (χ0n) is 19.3. The van der Waals surface area contributed by atoms with Gasteiger partial charge in [-0.15, -0.1) is 0 Å². The SMILES string of the molecule is C#N.CN/C=C\c1c(C=O)c(Nc2ccc3nc(N4CCOCC4)ccc3c2)nn1CC1CC1. The Hall–Kier alpha value is -3.90. The molecule has 2 aromatic heterocycles. The van der Waals surface area contributed by atoms with E-state index in [0.29, 0.717) is 17.3 Å². The molecule has 3 aromatic rings. The lowest BCUT2D eigenvalue weighted by molar-refractivity contribution is 0.112. The minimum Gasteiger partial charge on any atom is -0.394 e. The molecule has 9 heteroatoms. The Morgan fingerprint density at radius 3 is 2.71 bits per heavy atom. The maximum absolute atomic E-state index is 11.9. The molecule has 2 fully saturated rings. The maximum atomic E-state index is 11.9. The number of hydrogen-bond donors (Lipinski definition) is 2. The average molecular weight is 460 g/mol. The summed E-state index contributed by atoms with van der Waals surface area (Å²) in [7, 11) is 1.84. The van der Waals surface area contributed by atoms with E-state index < -0.39 is 0 Å². The van der Waals surface area contributed by atoms with Gasteiger partial charge in [0.25, 0.3) is 0 Å². The summed E-state index contributed by atoms with van der Waals surface area (Å²) in [6.07, 6.45) is 7.05. The van der Waals surface area contributed by atoms with Crippen molar-refractivity contribution >= 4 is 40.6 Å². The van der Waals surface area contributed by atoms with Gasteiger partial charge < -0.3 is 20.3 Å². The molecule has 0 unspecified atom stereocenters. The van der Waals surface area contributed by atoms with Crippen LogP contribution in [0.1, 0.15) is 28.9 Å². The fourth-order valence-corrected chi connectivity index (χ4v) is 4.02. The molecule has 1 saturated heterocycles. The zero-order valence-corrected chi connectivity index (χ0v) is 19.3. The third-order valence-corrected chi connectivity index (χ3v) is 5.96. The van der Waals surface area contributed by atoms with Gasteiger partial charge in [-0.05, 0) is 61.4 Å². The van der Waals surface area contributed by atoms with Gasteiger partial charge in [-0.2, -0.15) is 5.10 Å². The number of pyridine rings is 1. The smallest absolute Gasteiger partial charge is 0.163 e. The number of ether oxygens (including phenoxy) is 1. The highest BCUT2D eigenvalue weighted by atomic mass is 16.5. The molecule has 5 rings (SSSR count). The quantitative estimate of drug-likeness (QED) is 0.492. The van der Waals surface area contributed by atoms with E-state index in [1.807, 2.05) is 42.2 Å². The van der Waals surface area contributed by atoms with Crippen LogP contribution >= 0.6 is 0 Å². The highest BCUT2D eigenvalue weighted by molar-refractivity contribution is 5.90. The van der Waals surface area contributed by atoms with Crippen molar-refractivity contribution in [3.63, 3.8) is 0 Å². The van der Waals surface area contributed by atoms with Gasteiger partial charge in [0.2, 0.25) is 0 Å². The van der Waals surface area contributed by atoms with Crippen LogP contribution in [0, 0.1) is 17.8 Å². The van der Waals surface area contributed by atoms with Crippen LogP contribution in [0.25, 0.3) is 17.0 Å². The van der Waals surface area contributed by atoms with E-state index in [9.17, 15) is 4.79 Å². The minimum absolute atomic E-state index is 0.568. The highest BCUT2D eigenvalue weighted by Gasteiger charge is 2.25. The second-order valence-corrected chi connectivity index (χ2v) is 8.31. The van der Waals surface area contributed by atoms with Crippen LogP contribution in [0.15, 0.2) is 36.5 Å².